The molecule has 1 aromatic rings. The predicted molar refractivity (Wildman–Crippen MR) is 105 cm³/mol. The normalized spacial score (nSPS) is 33.1. The standard InChI is InChI=1S/C22H27N3O4/c1-14(26)24-8-10-25(11-9-24)21(28)18-12-16-7-6-15(18)13-22(16)23-20(27)17-4-2-3-5-19(17)29-22/h2-5,15-16,18H,6-13H2,1H3,(H,23,27)/t15-,16+,18-,22+/m0/s1. The number of rotatable bonds is 1. The van der Waals surface area contributed by atoms with E-state index in [9.17, 15) is 14.4 Å². The lowest BCUT2D eigenvalue weighted by Gasteiger charge is -2.55. The fraction of sp³-hybridized carbons (Fsp3) is 0.591. The summed E-state index contributed by atoms with van der Waals surface area (Å²) in [7, 11) is 0. The first-order valence-electron chi connectivity index (χ1n) is 10.6. The predicted octanol–water partition coefficient (Wildman–Crippen LogP) is 1.63. The molecule has 2 aliphatic heterocycles. The highest BCUT2D eigenvalue weighted by atomic mass is 16.5. The Kier molecular flexibility index (Phi) is 4.29. The number of para-hydroxylation sites is 1. The van der Waals surface area contributed by atoms with Crippen LogP contribution in [0.1, 0.15) is 43.0 Å². The molecule has 1 aromatic carbocycles. The summed E-state index contributed by atoms with van der Waals surface area (Å²) >= 11 is 0. The van der Waals surface area contributed by atoms with Crippen LogP contribution >= 0.6 is 0 Å². The summed E-state index contributed by atoms with van der Waals surface area (Å²) in [5, 5.41) is 3.15. The average Bonchev–Trinajstić information content (AvgIpc) is 2.73. The van der Waals surface area contributed by atoms with Crippen molar-refractivity contribution < 1.29 is 19.1 Å². The van der Waals surface area contributed by atoms with E-state index < -0.39 is 5.72 Å². The third kappa shape index (κ3) is 2.98. The number of nitrogens with zero attached hydrogens (tertiary/aromatic N) is 2. The van der Waals surface area contributed by atoms with Gasteiger partial charge in [0.25, 0.3) is 5.91 Å². The van der Waals surface area contributed by atoms with Crippen LogP contribution in [0.5, 0.6) is 5.75 Å². The van der Waals surface area contributed by atoms with Crippen molar-refractivity contribution in [3.63, 3.8) is 0 Å². The van der Waals surface area contributed by atoms with Gasteiger partial charge in [0.05, 0.1) is 5.56 Å². The van der Waals surface area contributed by atoms with Gasteiger partial charge in [-0.05, 0) is 37.3 Å². The van der Waals surface area contributed by atoms with Gasteiger partial charge in [-0.25, -0.2) is 0 Å². The van der Waals surface area contributed by atoms with Crippen LogP contribution in [0.25, 0.3) is 0 Å². The topological polar surface area (TPSA) is 79.0 Å². The maximum Gasteiger partial charge on any atom is 0.258 e. The van der Waals surface area contributed by atoms with Crippen molar-refractivity contribution in [3.8, 4) is 5.75 Å². The lowest BCUT2D eigenvalue weighted by atomic mass is 9.59. The first kappa shape index (κ1) is 18.5. The number of fused-ring (bicyclic) bond motifs is 3. The Bertz CT molecular complexity index is 863. The first-order valence-corrected chi connectivity index (χ1v) is 10.6. The number of benzene rings is 1. The zero-order valence-electron chi connectivity index (χ0n) is 16.7. The Balaban J connectivity index is 1.31. The second kappa shape index (κ2) is 6.75. The van der Waals surface area contributed by atoms with E-state index >= 15 is 0 Å². The van der Waals surface area contributed by atoms with E-state index in [2.05, 4.69) is 5.32 Å². The monoisotopic (exact) mass is 397 g/mol. The minimum atomic E-state index is -0.682. The molecular formula is C22H27N3O4. The summed E-state index contributed by atoms with van der Waals surface area (Å²) in [6, 6.07) is 7.37. The number of nitrogens with one attached hydrogen (secondary N) is 1. The second-order valence-electron chi connectivity index (χ2n) is 8.85. The van der Waals surface area contributed by atoms with E-state index in [4.69, 9.17) is 4.74 Å². The van der Waals surface area contributed by atoms with Crippen LogP contribution < -0.4 is 10.1 Å². The van der Waals surface area contributed by atoms with Crippen LogP contribution in [-0.2, 0) is 9.59 Å². The van der Waals surface area contributed by atoms with Crippen molar-refractivity contribution in [3.05, 3.63) is 29.8 Å². The SMILES string of the molecule is CC(=O)N1CCN(C(=O)[C@H]2C[C@H]3CC[C@H]2C[C@]32NC(=O)c3ccccc3O2)CC1. The molecule has 3 aliphatic carbocycles. The molecule has 3 saturated carbocycles. The largest absolute Gasteiger partial charge is 0.467 e. The summed E-state index contributed by atoms with van der Waals surface area (Å²) in [5.74, 6) is 1.18. The van der Waals surface area contributed by atoms with Crippen molar-refractivity contribution in [2.45, 2.75) is 38.3 Å². The summed E-state index contributed by atoms with van der Waals surface area (Å²) < 4.78 is 6.38. The smallest absolute Gasteiger partial charge is 0.258 e. The van der Waals surface area contributed by atoms with Crippen LogP contribution in [-0.4, -0.2) is 59.4 Å². The summed E-state index contributed by atoms with van der Waals surface area (Å²) in [4.78, 5) is 41.2. The van der Waals surface area contributed by atoms with Crippen molar-refractivity contribution in [2.75, 3.05) is 26.2 Å². The van der Waals surface area contributed by atoms with E-state index in [0.29, 0.717) is 43.9 Å². The highest BCUT2D eigenvalue weighted by Gasteiger charge is 2.57. The van der Waals surface area contributed by atoms with Crippen LogP contribution in [0.3, 0.4) is 0 Å². The zero-order chi connectivity index (χ0) is 20.2. The number of ether oxygens (including phenoxy) is 1. The van der Waals surface area contributed by atoms with E-state index in [1.54, 1.807) is 17.9 Å². The van der Waals surface area contributed by atoms with Gasteiger partial charge in [-0.3, -0.25) is 14.4 Å². The van der Waals surface area contributed by atoms with Gasteiger partial charge in [0.15, 0.2) is 5.72 Å². The number of hydrogen-bond acceptors (Lipinski definition) is 4. The molecule has 7 nitrogen and oxygen atoms in total. The third-order valence-corrected chi connectivity index (χ3v) is 7.32. The third-order valence-electron chi connectivity index (χ3n) is 7.32. The molecular weight excluding hydrogens is 370 g/mol. The van der Waals surface area contributed by atoms with Crippen LogP contribution in [0.4, 0.5) is 0 Å². The minimum absolute atomic E-state index is 0.0130. The van der Waals surface area contributed by atoms with E-state index in [-0.39, 0.29) is 35.5 Å². The van der Waals surface area contributed by atoms with Gasteiger partial charge in [0.1, 0.15) is 5.75 Å². The van der Waals surface area contributed by atoms with E-state index in [1.165, 1.54) is 0 Å². The van der Waals surface area contributed by atoms with Crippen molar-refractivity contribution >= 4 is 17.7 Å². The number of amides is 3. The van der Waals surface area contributed by atoms with Crippen LogP contribution in [0, 0.1) is 17.8 Å². The van der Waals surface area contributed by atoms with Crippen molar-refractivity contribution in [1.29, 1.82) is 0 Å². The van der Waals surface area contributed by atoms with Crippen molar-refractivity contribution in [1.82, 2.24) is 15.1 Å². The molecule has 2 bridgehead atoms. The summed E-state index contributed by atoms with van der Waals surface area (Å²) in [5.41, 5.74) is -0.103. The molecule has 5 aliphatic rings. The number of hydrogen-bond donors (Lipinski definition) is 1. The van der Waals surface area contributed by atoms with Gasteiger partial charge in [-0.2, -0.15) is 0 Å². The molecule has 29 heavy (non-hydrogen) atoms. The second-order valence-corrected chi connectivity index (χ2v) is 8.85. The van der Waals surface area contributed by atoms with Gasteiger partial charge in [-0.15, -0.1) is 0 Å². The molecule has 7 heteroatoms. The molecule has 4 fully saturated rings. The van der Waals surface area contributed by atoms with Crippen LogP contribution in [0.15, 0.2) is 24.3 Å². The molecule has 0 unspecified atom stereocenters. The molecule has 2 heterocycles. The molecule has 1 saturated heterocycles. The lowest BCUT2D eigenvalue weighted by Crippen LogP contribution is -2.67. The Morgan fingerprint density at radius 2 is 1.83 bits per heavy atom. The molecule has 154 valence electrons. The molecule has 3 amide bonds. The molecule has 6 rings (SSSR count). The fourth-order valence-electron chi connectivity index (χ4n) is 5.74. The number of carbonyl (C=O) groups excluding carboxylic acids is 3. The first-order chi connectivity index (χ1) is 14.0. The van der Waals surface area contributed by atoms with Gasteiger partial charge in [-0.1, -0.05) is 12.1 Å². The Labute approximate surface area is 170 Å². The number of piperazine rings is 1. The van der Waals surface area contributed by atoms with Crippen molar-refractivity contribution in [2.24, 2.45) is 17.8 Å². The highest BCUT2D eigenvalue weighted by Crippen LogP contribution is 2.52. The Morgan fingerprint density at radius 3 is 2.52 bits per heavy atom. The summed E-state index contributed by atoms with van der Waals surface area (Å²) in [6.45, 7) is 4.02. The Hall–Kier alpha value is -2.57. The lowest BCUT2D eigenvalue weighted by molar-refractivity contribution is -0.158. The van der Waals surface area contributed by atoms with Crippen LogP contribution in [0.2, 0.25) is 0 Å². The zero-order valence-corrected chi connectivity index (χ0v) is 16.7. The molecule has 4 atom stereocenters. The fourth-order valence-corrected chi connectivity index (χ4v) is 5.74. The average molecular weight is 397 g/mol. The molecule has 1 N–H and O–H groups in total. The highest BCUT2D eigenvalue weighted by molar-refractivity contribution is 5.98. The summed E-state index contributed by atoms with van der Waals surface area (Å²) in [6.07, 6.45) is 3.40. The van der Waals surface area contributed by atoms with Gasteiger partial charge >= 0.3 is 0 Å². The van der Waals surface area contributed by atoms with E-state index in [1.807, 2.05) is 23.1 Å². The quantitative estimate of drug-likeness (QED) is 0.781. The van der Waals surface area contributed by atoms with Gasteiger partial charge in [0.2, 0.25) is 11.8 Å². The van der Waals surface area contributed by atoms with Gasteiger partial charge in [0, 0.05) is 51.4 Å². The molecule has 0 aromatic heterocycles. The number of carbonyl (C=O) groups is 3. The molecule has 0 radical (unpaired) electrons. The minimum Gasteiger partial charge on any atom is -0.467 e. The maximum absolute atomic E-state index is 13.2. The molecule has 1 spiro atoms. The maximum atomic E-state index is 13.2. The van der Waals surface area contributed by atoms with E-state index in [0.717, 1.165) is 19.3 Å². The van der Waals surface area contributed by atoms with Gasteiger partial charge < -0.3 is 19.9 Å². The Morgan fingerprint density at radius 1 is 1.10 bits per heavy atom.